The molecule has 0 bridgehead atoms. The highest BCUT2D eigenvalue weighted by atomic mass is 35.5. The molecule has 4 rings (SSSR count). The van der Waals surface area contributed by atoms with Crippen LogP contribution in [-0.2, 0) is 5.54 Å². The summed E-state index contributed by atoms with van der Waals surface area (Å²) in [7, 11) is 7.75. The number of anilines is 3. The van der Waals surface area contributed by atoms with Crippen LogP contribution in [0.5, 0.6) is 0 Å². The van der Waals surface area contributed by atoms with Gasteiger partial charge in [-0.1, -0.05) is 11.6 Å². The van der Waals surface area contributed by atoms with E-state index in [1.54, 1.807) is 43.1 Å². The summed E-state index contributed by atoms with van der Waals surface area (Å²) in [6.45, 7) is 5.55. The zero-order valence-electron chi connectivity index (χ0n) is 16.9. The smallest absolute Gasteiger partial charge is 0.256 e. The van der Waals surface area contributed by atoms with Gasteiger partial charge in [0.05, 0.1) is 16.8 Å². The maximum Gasteiger partial charge on any atom is 0.256 e. The van der Waals surface area contributed by atoms with E-state index in [0.717, 1.165) is 0 Å². The molecule has 2 heterocycles. The predicted octanol–water partition coefficient (Wildman–Crippen LogP) is 3.18. The Morgan fingerprint density at radius 3 is 2.40 bits per heavy atom. The molecule has 3 aromatic rings. The molecule has 1 aliphatic heterocycles. The number of rotatable bonds is 5. The number of carbonyl (C=O) groups excluding carboxylic acids is 1. The van der Waals surface area contributed by atoms with Crippen molar-refractivity contribution < 1.29 is 9.21 Å². The Hall–Kier alpha value is -3.00. The number of carbonyl (C=O) groups is 1. The predicted molar refractivity (Wildman–Crippen MR) is 117 cm³/mol. The summed E-state index contributed by atoms with van der Waals surface area (Å²) in [5.74, 6) is 0.0613. The molecular weight excluding hydrogens is 405 g/mol. The molecule has 1 atom stereocenters. The third-order valence-corrected chi connectivity index (χ3v) is 5.98. The van der Waals surface area contributed by atoms with Crippen molar-refractivity contribution >= 4 is 42.4 Å². The molecule has 2 radical (unpaired) electrons. The number of halogens is 1. The van der Waals surface area contributed by atoms with Gasteiger partial charge in [-0.05, 0) is 45.0 Å². The first-order valence-electron chi connectivity index (χ1n) is 9.34. The second kappa shape index (κ2) is 6.77. The number of furan rings is 1. The number of amides is 1. The minimum atomic E-state index is -0.815. The van der Waals surface area contributed by atoms with Gasteiger partial charge in [0, 0.05) is 23.6 Å². The fourth-order valence-corrected chi connectivity index (χ4v) is 4.11. The molecular formula is C21H19BClN3O4. The largest absolute Gasteiger partial charge is 0.465 e. The maximum absolute atomic E-state index is 12.9. The second-order valence-corrected chi connectivity index (χ2v) is 8.28. The van der Waals surface area contributed by atoms with E-state index in [-0.39, 0.29) is 17.3 Å². The van der Waals surface area contributed by atoms with Gasteiger partial charge in [-0.3, -0.25) is 14.4 Å². The molecule has 0 fully saturated rings. The number of fused-ring (bicyclic) bond motifs is 1. The van der Waals surface area contributed by atoms with Crippen LogP contribution in [0.25, 0.3) is 0 Å². The first-order chi connectivity index (χ1) is 14.0. The van der Waals surface area contributed by atoms with Gasteiger partial charge in [0.25, 0.3) is 16.8 Å². The van der Waals surface area contributed by atoms with E-state index in [9.17, 15) is 14.4 Å². The summed E-state index contributed by atoms with van der Waals surface area (Å²) >= 11 is 6.38. The van der Waals surface area contributed by atoms with Gasteiger partial charge < -0.3 is 20.0 Å². The van der Waals surface area contributed by atoms with Crippen molar-refractivity contribution in [2.75, 3.05) is 17.7 Å². The molecule has 30 heavy (non-hydrogen) atoms. The van der Waals surface area contributed by atoms with Crippen LogP contribution in [0.3, 0.4) is 0 Å². The minimum absolute atomic E-state index is 0.0447. The number of benzene rings is 1. The van der Waals surface area contributed by atoms with E-state index in [1.165, 1.54) is 0 Å². The molecule has 0 saturated carbocycles. The van der Waals surface area contributed by atoms with Gasteiger partial charge in [0.1, 0.15) is 30.7 Å². The monoisotopic (exact) mass is 423 g/mol. The SMILES string of the molecule is [B]C(Nc1c(Nc2ccc(Cl)c3c2C(=O)N(C)C3(C)C)c(=O)c1=O)c1ccc(C)o1. The lowest BCUT2D eigenvalue weighted by molar-refractivity contribution is 0.0692. The third-order valence-electron chi connectivity index (χ3n) is 5.66. The van der Waals surface area contributed by atoms with Crippen molar-refractivity contribution in [3.63, 3.8) is 0 Å². The molecule has 0 aliphatic carbocycles. The summed E-state index contributed by atoms with van der Waals surface area (Å²) in [5.41, 5.74) is -0.471. The van der Waals surface area contributed by atoms with Crippen LogP contribution in [0.15, 0.2) is 38.3 Å². The lowest BCUT2D eigenvalue weighted by Gasteiger charge is -2.29. The van der Waals surface area contributed by atoms with Crippen LogP contribution in [0, 0.1) is 6.92 Å². The summed E-state index contributed by atoms with van der Waals surface area (Å²) in [6, 6.07) is 6.71. The van der Waals surface area contributed by atoms with Crippen LogP contribution < -0.4 is 21.5 Å². The van der Waals surface area contributed by atoms with Crippen molar-refractivity contribution in [3.8, 4) is 0 Å². The van der Waals surface area contributed by atoms with E-state index in [0.29, 0.717) is 33.4 Å². The van der Waals surface area contributed by atoms with Crippen LogP contribution in [0.1, 0.15) is 47.2 Å². The fraction of sp³-hybridized carbons (Fsp3) is 0.286. The summed E-state index contributed by atoms with van der Waals surface area (Å²) in [4.78, 5) is 38.9. The van der Waals surface area contributed by atoms with Crippen LogP contribution in [0.2, 0.25) is 5.02 Å². The molecule has 1 unspecified atom stereocenters. The zero-order chi connectivity index (χ0) is 22.0. The Morgan fingerprint density at radius 2 is 1.77 bits per heavy atom. The first-order valence-corrected chi connectivity index (χ1v) is 9.71. The normalized spacial score (nSPS) is 16.0. The van der Waals surface area contributed by atoms with Crippen LogP contribution in [0.4, 0.5) is 17.1 Å². The standard InChI is InChI=1S/C21H19BClN3O4/c1-9-5-8-12(30-9)19(22)25-16-15(17(27)18(16)28)24-11-7-6-10(23)14-13(11)20(29)26(4)21(14,2)3/h5-8,19,24-25H,1-4H3. The Labute approximate surface area is 179 Å². The average Bonchev–Trinajstić information content (AvgIpc) is 3.22. The summed E-state index contributed by atoms with van der Waals surface area (Å²) < 4.78 is 5.46. The van der Waals surface area contributed by atoms with E-state index in [2.05, 4.69) is 10.6 Å². The average molecular weight is 424 g/mol. The van der Waals surface area contributed by atoms with E-state index in [1.807, 2.05) is 13.8 Å². The Kier molecular flexibility index (Phi) is 4.58. The molecule has 1 aliphatic rings. The second-order valence-electron chi connectivity index (χ2n) is 7.87. The quantitative estimate of drug-likeness (QED) is 0.484. The topological polar surface area (TPSA) is 91.6 Å². The number of nitrogens with zero attached hydrogens (tertiary/aromatic N) is 1. The molecule has 152 valence electrons. The fourth-order valence-electron chi connectivity index (χ4n) is 3.72. The molecule has 0 saturated heterocycles. The van der Waals surface area contributed by atoms with Gasteiger partial charge in [-0.2, -0.15) is 0 Å². The number of aryl methyl sites for hydroxylation is 1. The molecule has 1 amide bonds. The Morgan fingerprint density at radius 1 is 1.10 bits per heavy atom. The lowest BCUT2D eigenvalue weighted by Crippen LogP contribution is -2.37. The lowest BCUT2D eigenvalue weighted by atomic mass is 9.92. The number of nitrogens with one attached hydrogen (secondary N) is 2. The molecule has 2 N–H and O–H groups in total. The summed E-state index contributed by atoms with van der Waals surface area (Å²) in [5, 5.41) is 6.22. The number of hydrogen-bond donors (Lipinski definition) is 2. The Bertz CT molecular complexity index is 1260. The highest BCUT2D eigenvalue weighted by Crippen LogP contribution is 2.45. The first kappa shape index (κ1) is 20.3. The van der Waals surface area contributed by atoms with Gasteiger partial charge in [0.15, 0.2) is 0 Å². The minimum Gasteiger partial charge on any atom is -0.465 e. The maximum atomic E-state index is 12.9. The van der Waals surface area contributed by atoms with Crippen molar-refractivity contribution in [2.24, 2.45) is 0 Å². The molecule has 9 heteroatoms. The van der Waals surface area contributed by atoms with Crippen molar-refractivity contribution in [2.45, 2.75) is 32.3 Å². The van der Waals surface area contributed by atoms with Crippen LogP contribution in [-0.4, -0.2) is 25.7 Å². The molecule has 0 spiro atoms. The molecule has 7 nitrogen and oxygen atoms in total. The number of hydrogen-bond acceptors (Lipinski definition) is 6. The van der Waals surface area contributed by atoms with Crippen molar-refractivity contribution in [1.82, 2.24) is 4.90 Å². The third kappa shape index (κ3) is 2.86. The molecule has 1 aromatic heterocycles. The Balaban J connectivity index is 1.70. The highest BCUT2D eigenvalue weighted by Gasteiger charge is 2.44. The van der Waals surface area contributed by atoms with Gasteiger partial charge in [-0.25, -0.2) is 0 Å². The van der Waals surface area contributed by atoms with E-state index < -0.39 is 22.3 Å². The highest BCUT2D eigenvalue weighted by molar-refractivity contribution is 6.32. The van der Waals surface area contributed by atoms with Gasteiger partial charge >= 0.3 is 0 Å². The van der Waals surface area contributed by atoms with Gasteiger partial charge in [0.2, 0.25) is 0 Å². The van der Waals surface area contributed by atoms with Gasteiger partial charge in [-0.15, -0.1) is 0 Å². The zero-order valence-corrected chi connectivity index (χ0v) is 17.7. The van der Waals surface area contributed by atoms with Crippen LogP contribution >= 0.6 is 11.6 Å². The summed E-state index contributed by atoms with van der Waals surface area (Å²) in [6.07, 6.45) is 0. The van der Waals surface area contributed by atoms with E-state index >= 15 is 0 Å². The van der Waals surface area contributed by atoms with Crippen molar-refractivity contribution in [3.05, 3.63) is 72.4 Å². The molecule has 2 aromatic carbocycles. The van der Waals surface area contributed by atoms with E-state index in [4.69, 9.17) is 23.9 Å². The van der Waals surface area contributed by atoms with Crippen molar-refractivity contribution in [1.29, 1.82) is 0 Å².